The van der Waals surface area contributed by atoms with Crippen molar-refractivity contribution in [3.63, 3.8) is 0 Å². The van der Waals surface area contributed by atoms with Crippen LogP contribution in [-0.2, 0) is 0 Å². The molecule has 0 spiro atoms. The minimum Gasteiger partial charge on any atom is -0.368 e. The Balaban J connectivity index is 2.18. The third-order valence-electron chi connectivity index (χ3n) is 2.90. The molecule has 15 heavy (non-hydrogen) atoms. The molecule has 1 unspecified atom stereocenters. The van der Waals surface area contributed by atoms with Gasteiger partial charge in [0.2, 0.25) is 0 Å². The lowest BCUT2D eigenvalue weighted by atomic mass is 10.1. The van der Waals surface area contributed by atoms with Crippen LogP contribution in [0.3, 0.4) is 0 Å². The van der Waals surface area contributed by atoms with Crippen molar-refractivity contribution in [2.75, 3.05) is 18.0 Å². The van der Waals surface area contributed by atoms with Gasteiger partial charge in [-0.2, -0.15) is 0 Å². The molecule has 0 saturated carbocycles. The molecule has 1 aromatic carbocycles. The van der Waals surface area contributed by atoms with Crippen LogP contribution in [-0.4, -0.2) is 19.1 Å². The minimum absolute atomic E-state index is 0.147. The summed E-state index contributed by atoms with van der Waals surface area (Å²) in [6.45, 7) is 1.68. The van der Waals surface area contributed by atoms with Gasteiger partial charge in [-0.05, 0) is 25.0 Å². The third kappa shape index (κ3) is 2.48. The molecule has 1 heterocycles. The van der Waals surface area contributed by atoms with Crippen molar-refractivity contribution in [3.05, 3.63) is 30.1 Å². The molecule has 0 amide bonds. The third-order valence-corrected chi connectivity index (χ3v) is 2.90. The highest BCUT2D eigenvalue weighted by Crippen LogP contribution is 2.21. The van der Waals surface area contributed by atoms with Gasteiger partial charge in [-0.15, -0.1) is 0 Å². The summed E-state index contributed by atoms with van der Waals surface area (Å²) in [7, 11) is 0. The molecule has 1 fully saturated rings. The van der Waals surface area contributed by atoms with E-state index in [1.165, 1.54) is 6.07 Å². The summed E-state index contributed by atoms with van der Waals surface area (Å²) in [5.74, 6) is -0.147. The van der Waals surface area contributed by atoms with Crippen LogP contribution in [0.1, 0.15) is 19.3 Å². The molecule has 0 bridgehead atoms. The molecule has 1 atom stereocenters. The maximum Gasteiger partial charge on any atom is 0.146 e. The summed E-state index contributed by atoms with van der Waals surface area (Å²) in [5, 5.41) is 0. The minimum atomic E-state index is -0.147. The van der Waals surface area contributed by atoms with E-state index >= 15 is 0 Å². The molecular weight excluding hydrogens is 191 g/mol. The Labute approximate surface area is 89.9 Å². The Morgan fingerprint density at radius 3 is 2.87 bits per heavy atom. The van der Waals surface area contributed by atoms with E-state index in [1.807, 2.05) is 12.1 Å². The molecule has 1 aliphatic heterocycles. The lowest BCUT2D eigenvalue weighted by Crippen LogP contribution is -2.36. The fourth-order valence-electron chi connectivity index (χ4n) is 2.10. The predicted octanol–water partition coefficient (Wildman–Crippen LogP) is 2.14. The van der Waals surface area contributed by atoms with Crippen molar-refractivity contribution < 1.29 is 4.39 Å². The number of nitrogens with two attached hydrogens (primary N) is 1. The molecule has 2 nitrogen and oxygen atoms in total. The molecule has 1 aromatic rings. The Morgan fingerprint density at radius 2 is 2.07 bits per heavy atom. The Morgan fingerprint density at radius 1 is 1.27 bits per heavy atom. The van der Waals surface area contributed by atoms with Gasteiger partial charge in [0.1, 0.15) is 5.82 Å². The number of halogens is 1. The van der Waals surface area contributed by atoms with Crippen LogP contribution in [0.25, 0.3) is 0 Å². The summed E-state index contributed by atoms with van der Waals surface area (Å²) >= 11 is 0. The lowest BCUT2D eigenvalue weighted by molar-refractivity contribution is 0.601. The van der Waals surface area contributed by atoms with Gasteiger partial charge in [-0.1, -0.05) is 18.6 Å². The lowest BCUT2D eigenvalue weighted by Gasteiger charge is -2.25. The van der Waals surface area contributed by atoms with Crippen LogP contribution in [0.4, 0.5) is 10.1 Å². The molecule has 0 aliphatic carbocycles. The maximum absolute atomic E-state index is 13.6. The van der Waals surface area contributed by atoms with Crippen LogP contribution >= 0.6 is 0 Å². The van der Waals surface area contributed by atoms with E-state index < -0.39 is 0 Å². The maximum atomic E-state index is 13.6. The van der Waals surface area contributed by atoms with Crippen molar-refractivity contribution in [2.24, 2.45) is 5.73 Å². The van der Waals surface area contributed by atoms with Gasteiger partial charge >= 0.3 is 0 Å². The van der Waals surface area contributed by atoms with Gasteiger partial charge in [0.25, 0.3) is 0 Å². The van der Waals surface area contributed by atoms with Crippen molar-refractivity contribution in [1.29, 1.82) is 0 Å². The van der Waals surface area contributed by atoms with Crippen molar-refractivity contribution in [1.82, 2.24) is 0 Å². The highest BCUT2D eigenvalue weighted by Gasteiger charge is 2.17. The second-order valence-electron chi connectivity index (χ2n) is 4.15. The SMILES string of the molecule is NC1CCCCN(c2ccccc2F)C1. The first-order valence-corrected chi connectivity index (χ1v) is 5.52. The van der Waals surface area contributed by atoms with Gasteiger partial charge in [-0.3, -0.25) is 0 Å². The van der Waals surface area contributed by atoms with Crippen LogP contribution < -0.4 is 10.6 Å². The van der Waals surface area contributed by atoms with Gasteiger partial charge in [0.05, 0.1) is 5.69 Å². The average Bonchev–Trinajstić information content (AvgIpc) is 2.43. The number of benzene rings is 1. The van der Waals surface area contributed by atoms with Crippen LogP contribution in [0.15, 0.2) is 24.3 Å². The predicted molar refractivity (Wildman–Crippen MR) is 60.4 cm³/mol. The first-order chi connectivity index (χ1) is 7.27. The Hall–Kier alpha value is -1.09. The smallest absolute Gasteiger partial charge is 0.146 e. The Kier molecular flexibility index (Phi) is 3.21. The van der Waals surface area contributed by atoms with Crippen LogP contribution in [0.2, 0.25) is 0 Å². The first kappa shape index (κ1) is 10.4. The van der Waals surface area contributed by atoms with E-state index in [2.05, 4.69) is 4.90 Å². The molecule has 3 heteroatoms. The molecule has 2 N–H and O–H groups in total. The van der Waals surface area contributed by atoms with E-state index in [1.54, 1.807) is 6.07 Å². The summed E-state index contributed by atoms with van der Waals surface area (Å²) in [4.78, 5) is 2.06. The fraction of sp³-hybridized carbons (Fsp3) is 0.500. The number of anilines is 1. The van der Waals surface area contributed by atoms with E-state index in [4.69, 9.17) is 5.73 Å². The number of nitrogens with zero attached hydrogens (tertiary/aromatic N) is 1. The van der Waals surface area contributed by atoms with Gasteiger partial charge < -0.3 is 10.6 Å². The molecule has 1 saturated heterocycles. The molecule has 1 aliphatic rings. The van der Waals surface area contributed by atoms with Crippen molar-refractivity contribution in [2.45, 2.75) is 25.3 Å². The largest absolute Gasteiger partial charge is 0.368 e. The quantitative estimate of drug-likeness (QED) is 0.766. The second-order valence-corrected chi connectivity index (χ2v) is 4.15. The first-order valence-electron chi connectivity index (χ1n) is 5.52. The van der Waals surface area contributed by atoms with Gasteiger partial charge in [0.15, 0.2) is 0 Å². The highest BCUT2D eigenvalue weighted by atomic mass is 19.1. The zero-order valence-corrected chi connectivity index (χ0v) is 8.82. The molecule has 82 valence electrons. The van der Waals surface area contributed by atoms with E-state index in [-0.39, 0.29) is 11.9 Å². The molecule has 0 aromatic heterocycles. The molecule has 2 rings (SSSR count). The second kappa shape index (κ2) is 4.62. The summed E-state index contributed by atoms with van der Waals surface area (Å²) in [6, 6.07) is 7.09. The van der Waals surface area contributed by atoms with Gasteiger partial charge in [-0.25, -0.2) is 4.39 Å². The zero-order chi connectivity index (χ0) is 10.7. The number of hydrogen-bond donors (Lipinski definition) is 1. The van der Waals surface area contributed by atoms with Gasteiger partial charge in [0, 0.05) is 19.1 Å². The monoisotopic (exact) mass is 208 g/mol. The van der Waals surface area contributed by atoms with Crippen LogP contribution in [0, 0.1) is 5.82 Å². The fourth-order valence-corrected chi connectivity index (χ4v) is 2.10. The van der Waals surface area contributed by atoms with Crippen LogP contribution in [0.5, 0.6) is 0 Å². The summed E-state index contributed by atoms with van der Waals surface area (Å²) < 4.78 is 13.6. The highest BCUT2D eigenvalue weighted by molar-refractivity contribution is 5.47. The molecule has 0 radical (unpaired) electrons. The number of rotatable bonds is 1. The van der Waals surface area contributed by atoms with E-state index in [0.717, 1.165) is 32.4 Å². The van der Waals surface area contributed by atoms with Crippen molar-refractivity contribution in [3.8, 4) is 0 Å². The average molecular weight is 208 g/mol. The zero-order valence-electron chi connectivity index (χ0n) is 8.82. The normalized spacial score (nSPS) is 22.5. The molecular formula is C12H17FN2. The summed E-state index contributed by atoms with van der Waals surface area (Å²) in [5.41, 5.74) is 6.64. The summed E-state index contributed by atoms with van der Waals surface area (Å²) in [6.07, 6.45) is 3.29. The van der Waals surface area contributed by atoms with Crippen molar-refractivity contribution >= 4 is 5.69 Å². The number of hydrogen-bond acceptors (Lipinski definition) is 2. The Bertz CT molecular complexity index is 327. The topological polar surface area (TPSA) is 29.3 Å². The number of para-hydroxylation sites is 1. The van der Waals surface area contributed by atoms with E-state index in [9.17, 15) is 4.39 Å². The van der Waals surface area contributed by atoms with E-state index in [0.29, 0.717) is 5.69 Å². The standard InChI is InChI=1S/C12H17FN2/c13-11-6-1-2-7-12(11)15-8-4-3-5-10(14)9-15/h1-2,6-7,10H,3-5,8-9,14H2.